The van der Waals surface area contributed by atoms with Crippen LogP contribution < -0.4 is 5.32 Å². The summed E-state index contributed by atoms with van der Waals surface area (Å²) in [7, 11) is 1.86. The van der Waals surface area contributed by atoms with Gasteiger partial charge in [-0.1, -0.05) is 11.8 Å². The van der Waals surface area contributed by atoms with Gasteiger partial charge in [-0.2, -0.15) is 0 Å². The van der Waals surface area contributed by atoms with Crippen LogP contribution >= 0.6 is 24.2 Å². The Morgan fingerprint density at radius 2 is 2.33 bits per heavy atom. The van der Waals surface area contributed by atoms with Crippen LogP contribution in [0.15, 0.2) is 5.16 Å². The zero-order chi connectivity index (χ0) is 7.68. The van der Waals surface area contributed by atoms with E-state index in [0.717, 1.165) is 18.2 Å². The first-order chi connectivity index (χ1) is 5.36. The van der Waals surface area contributed by atoms with Crippen molar-refractivity contribution in [2.45, 2.75) is 10.4 Å². The smallest absolute Gasteiger partial charge is 0.209 e. The Kier molecular flexibility index (Phi) is 3.30. The van der Waals surface area contributed by atoms with Crippen LogP contribution in [0.4, 0.5) is 0 Å². The molecule has 5 nitrogen and oxygen atoms in total. The fourth-order valence-electron chi connectivity index (χ4n) is 0.816. The first-order valence-corrected chi connectivity index (χ1v) is 4.34. The minimum Gasteiger partial charge on any atom is -0.314 e. The maximum absolute atomic E-state index is 3.87. The van der Waals surface area contributed by atoms with E-state index in [2.05, 4.69) is 20.8 Å². The van der Waals surface area contributed by atoms with E-state index in [9.17, 15) is 0 Å². The molecule has 0 amide bonds. The maximum Gasteiger partial charge on any atom is 0.209 e. The normalized spacial score (nSPS) is 16.8. The summed E-state index contributed by atoms with van der Waals surface area (Å²) in [5, 5.41) is 15.9. The lowest BCUT2D eigenvalue weighted by Crippen LogP contribution is -2.44. The van der Waals surface area contributed by atoms with Crippen LogP contribution in [0.25, 0.3) is 0 Å². The van der Waals surface area contributed by atoms with E-state index in [-0.39, 0.29) is 12.4 Å². The van der Waals surface area contributed by atoms with Gasteiger partial charge in [-0.05, 0) is 10.4 Å². The molecule has 1 aliphatic rings. The van der Waals surface area contributed by atoms with E-state index >= 15 is 0 Å². The van der Waals surface area contributed by atoms with E-state index in [4.69, 9.17) is 0 Å². The lowest BCUT2D eigenvalue weighted by Gasteiger charge is -2.25. The molecule has 1 aromatic heterocycles. The number of thioether (sulfide) groups is 1. The molecule has 2 heterocycles. The zero-order valence-electron chi connectivity index (χ0n) is 6.60. The van der Waals surface area contributed by atoms with Gasteiger partial charge < -0.3 is 5.32 Å². The first-order valence-electron chi connectivity index (χ1n) is 3.46. The van der Waals surface area contributed by atoms with Crippen molar-refractivity contribution in [1.82, 2.24) is 25.5 Å². The fourth-order valence-corrected chi connectivity index (χ4v) is 1.79. The van der Waals surface area contributed by atoms with Gasteiger partial charge in [-0.25, -0.2) is 4.68 Å². The highest BCUT2D eigenvalue weighted by atomic mass is 35.5. The fraction of sp³-hybridized carbons (Fsp3) is 0.800. The van der Waals surface area contributed by atoms with Crippen LogP contribution in [-0.4, -0.2) is 38.5 Å². The van der Waals surface area contributed by atoms with Crippen molar-refractivity contribution in [3.8, 4) is 0 Å². The Labute approximate surface area is 80.7 Å². The molecular formula is C5H10ClN5S. The molecule has 0 spiro atoms. The molecule has 2 rings (SSSR count). The molecule has 0 saturated carbocycles. The minimum absolute atomic E-state index is 0. The molecule has 1 aromatic rings. The second kappa shape index (κ2) is 4.06. The van der Waals surface area contributed by atoms with Crippen LogP contribution in [0.1, 0.15) is 0 Å². The van der Waals surface area contributed by atoms with Crippen LogP contribution in [0.5, 0.6) is 0 Å². The van der Waals surface area contributed by atoms with Crippen molar-refractivity contribution < 1.29 is 0 Å². The SMILES string of the molecule is Cl.Cn1nnnc1SC1CNC1. The van der Waals surface area contributed by atoms with Crippen molar-refractivity contribution in [2.24, 2.45) is 7.05 Å². The standard InChI is InChI=1S/C5H9N5S.ClH/c1-10-5(7-8-9-10)11-4-2-6-3-4;/h4,6H,2-3H2,1H3;1H. The highest BCUT2D eigenvalue weighted by Crippen LogP contribution is 2.21. The summed E-state index contributed by atoms with van der Waals surface area (Å²) < 4.78 is 1.70. The third kappa shape index (κ3) is 1.88. The second-order valence-electron chi connectivity index (χ2n) is 2.48. The second-order valence-corrected chi connectivity index (χ2v) is 3.75. The van der Waals surface area contributed by atoms with Crippen LogP contribution in [-0.2, 0) is 7.05 Å². The quantitative estimate of drug-likeness (QED) is 0.722. The third-order valence-corrected chi connectivity index (χ3v) is 2.82. The van der Waals surface area contributed by atoms with Gasteiger partial charge in [0, 0.05) is 25.4 Å². The van der Waals surface area contributed by atoms with Gasteiger partial charge in [0.25, 0.3) is 0 Å². The molecule has 0 atom stereocenters. The Morgan fingerprint density at radius 3 is 2.75 bits per heavy atom. The number of hydrogen-bond donors (Lipinski definition) is 1. The summed E-state index contributed by atoms with van der Waals surface area (Å²) >= 11 is 1.73. The number of hydrogen-bond acceptors (Lipinski definition) is 5. The molecule has 0 unspecified atom stereocenters. The third-order valence-electron chi connectivity index (χ3n) is 1.60. The van der Waals surface area contributed by atoms with Crippen LogP contribution in [0.2, 0.25) is 0 Å². The minimum atomic E-state index is 0. The van der Waals surface area contributed by atoms with Gasteiger partial charge in [0.05, 0.1) is 0 Å². The number of tetrazole rings is 1. The molecule has 1 fully saturated rings. The molecule has 1 saturated heterocycles. The predicted molar refractivity (Wildman–Crippen MR) is 48.6 cm³/mol. The predicted octanol–water partition coefficient (Wildman–Crippen LogP) is -0.304. The van der Waals surface area contributed by atoms with E-state index in [1.54, 1.807) is 16.4 Å². The average molecular weight is 208 g/mol. The van der Waals surface area contributed by atoms with Crippen molar-refractivity contribution in [1.29, 1.82) is 0 Å². The molecule has 68 valence electrons. The molecule has 0 aromatic carbocycles. The van der Waals surface area contributed by atoms with Crippen molar-refractivity contribution in [3.63, 3.8) is 0 Å². The summed E-state index contributed by atoms with van der Waals surface area (Å²) in [6, 6.07) is 0. The van der Waals surface area contributed by atoms with Gasteiger partial charge in [0.15, 0.2) is 0 Å². The van der Waals surface area contributed by atoms with E-state index < -0.39 is 0 Å². The molecule has 1 aliphatic heterocycles. The first kappa shape index (κ1) is 9.76. The van der Waals surface area contributed by atoms with E-state index in [1.165, 1.54) is 0 Å². The number of aryl methyl sites for hydroxylation is 1. The summed E-state index contributed by atoms with van der Waals surface area (Å²) in [4.78, 5) is 0. The highest BCUT2D eigenvalue weighted by molar-refractivity contribution is 7.99. The van der Waals surface area contributed by atoms with Gasteiger partial charge in [0.1, 0.15) is 0 Å². The Bertz CT molecular complexity index is 248. The summed E-state index contributed by atoms with van der Waals surface area (Å²) in [6.07, 6.45) is 0. The lowest BCUT2D eigenvalue weighted by molar-refractivity contribution is 0.540. The van der Waals surface area contributed by atoms with Crippen molar-refractivity contribution >= 4 is 24.2 Å². The van der Waals surface area contributed by atoms with Crippen molar-refractivity contribution in [3.05, 3.63) is 0 Å². The Balaban J connectivity index is 0.000000720. The lowest BCUT2D eigenvalue weighted by atomic mass is 10.3. The summed E-state index contributed by atoms with van der Waals surface area (Å²) in [5.74, 6) is 0. The molecule has 7 heteroatoms. The maximum atomic E-state index is 3.87. The molecule has 1 N–H and O–H groups in total. The van der Waals surface area contributed by atoms with Crippen molar-refractivity contribution in [2.75, 3.05) is 13.1 Å². The van der Waals surface area contributed by atoms with Gasteiger partial charge >= 0.3 is 0 Å². The Morgan fingerprint density at radius 1 is 1.58 bits per heavy atom. The molecular weight excluding hydrogens is 198 g/mol. The monoisotopic (exact) mass is 207 g/mol. The van der Waals surface area contributed by atoms with Gasteiger partial charge in [-0.15, -0.1) is 17.5 Å². The molecule has 12 heavy (non-hydrogen) atoms. The number of rotatable bonds is 2. The summed E-state index contributed by atoms with van der Waals surface area (Å²) in [5.41, 5.74) is 0. The highest BCUT2D eigenvalue weighted by Gasteiger charge is 2.20. The van der Waals surface area contributed by atoms with Crippen LogP contribution in [0.3, 0.4) is 0 Å². The van der Waals surface area contributed by atoms with Crippen LogP contribution in [0, 0.1) is 0 Å². The van der Waals surface area contributed by atoms with Gasteiger partial charge in [-0.3, -0.25) is 0 Å². The topological polar surface area (TPSA) is 55.6 Å². The number of nitrogens with zero attached hydrogens (tertiary/aromatic N) is 4. The number of halogens is 1. The van der Waals surface area contributed by atoms with E-state index in [0.29, 0.717) is 5.25 Å². The number of nitrogens with one attached hydrogen (secondary N) is 1. The summed E-state index contributed by atoms with van der Waals surface area (Å²) in [6.45, 7) is 2.13. The molecule has 0 radical (unpaired) electrons. The van der Waals surface area contributed by atoms with E-state index in [1.807, 2.05) is 7.05 Å². The molecule has 0 bridgehead atoms. The molecule has 0 aliphatic carbocycles. The van der Waals surface area contributed by atoms with Gasteiger partial charge in [0.2, 0.25) is 5.16 Å². The zero-order valence-corrected chi connectivity index (χ0v) is 8.23. The largest absolute Gasteiger partial charge is 0.314 e. The Hall–Kier alpha value is -0.330. The number of aromatic nitrogens is 4. The average Bonchev–Trinajstić information content (AvgIpc) is 2.27.